The quantitative estimate of drug-likeness (QED) is 0.732. The van der Waals surface area contributed by atoms with Crippen molar-refractivity contribution in [1.29, 1.82) is 0 Å². The molecule has 0 heterocycles. The van der Waals surface area contributed by atoms with Gasteiger partial charge in [-0.25, -0.2) is 8.42 Å². The Morgan fingerprint density at radius 3 is 2.00 bits per heavy atom. The van der Waals surface area contributed by atoms with Crippen molar-refractivity contribution in [3.8, 4) is 11.5 Å². The summed E-state index contributed by atoms with van der Waals surface area (Å²) in [7, 11) is -0.786. The van der Waals surface area contributed by atoms with Crippen LogP contribution in [0.25, 0.3) is 0 Å². The third-order valence-electron chi connectivity index (χ3n) is 3.00. The highest BCUT2D eigenvalue weighted by molar-refractivity contribution is 7.89. The van der Waals surface area contributed by atoms with Crippen molar-refractivity contribution in [2.45, 2.75) is 31.6 Å². The van der Waals surface area contributed by atoms with Gasteiger partial charge < -0.3 is 9.47 Å². The molecule has 1 rings (SSSR count). The second-order valence-electron chi connectivity index (χ2n) is 4.54. The molecule has 0 fully saturated rings. The van der Waals surface area contributed by atoms with E-state index in [1.165, 1.54) is 30.7 Å². The average Bonchev–Trinajstić information content (AvgIpc) is 2.46. The molecule has 0 saturated carbocycles. The molecule has 0 aliphatic rings. The van der Waals surface area contributed by atoms with Gasteiger partial charge in [-0.05, 0) is 12.8 Å². The van der Waals surface area contributed by atoms with Crippen LogP contribution in [-0.2, 0) is 10.0 Å². The zero-order chi connectivity index (χ0) is 16.0. The van der Waals surface area contributed by atoms with E-state index in [0.717, 1.165) is 12.8 Å². The summed E-state index contributed by atoms with van der Waals surface area (Å²) in [5.74, 6) is 0.530. The molecule has 5 nitrogen and oxygen atoms in total. The van der Waals surface area contributed by atoms with Crippen LogP contribution in [0.1, 0.15) is 26.7 Å². The van der Waals surface area contributed by atoms with Crippen LogP contribution < -0.4 is 9.47 Å². The average molecular weight is 336 g/mol. The van der Waals surface area contributed by atoms with E-state index < -0.39 is 10.0 Å². The number of hydrogen-bond donors (Lipinski definition) is 0. The standard InChI is InChI=1S/C14H22ClNO4S/c1-5-7-16(8-6-2)21(17,18)14-10-12(19-3)11(15)9-13(14)20-4/h9-10H,5-8H2,1-4H3. The number of benzene rings is 1. The summed E-state index contributed by atoms with van der Waals surface area (Å²) in [5.41, 5.74) is 0. The predicted molar refractivity (Wildman–Crippen MR) is 83.9 cm³/mol. The number of sulfonamides is 1. The molecular weight excluding hydrogens is 314 g/mol. The Balaban J connectivity index is 3.40. The maximum Gasteiger partial charge on any atom is 0.246 e. The highest BCUT2D eigenvalue weighted by Crippen LogP contribution is 2.36. The van der Waals surface area contributed by atoms with Crippen LogP contribution in [0.4, 0.5) is 0 Å². The summed E-state index contributed by atoms with van der Waals surface area (Å²) >= 11 is 6.02. The van der Waals surface area contributed by atoms with Gasteiger partial charge in [0.1, 0.15) is 16.4 Å². The summed E-state index contributed by atoms with van der Waals surface area (Å²) in [4.78, 5) is 0.0770. The molecule has 0 saturated heterocycles. The number of halogens is 1. The Bertz CT molecular complexity index is 569. The van der Waals surface area contributed by atoms with Gasteiger partial charge in [0.2, 0.25) is 10.0 Å². The van der Waals surface area contributed by atoms with Crippen molar-refractivity contribution >= 4 is 21.6 Å². The van der Waals surface area contributed by atoms with Crippen molar-refractivity contribution in [1.82, 2.24) is 4.31 Å². The first-order chi connectivity index (χ1) is 9.92. The molecule has 7 heteroatoms. The van der Waals surface area contributed by atoms with Gasteiger partial charge in [0.15, 0.2) is 0 Å². The fourth-order valence-electron chi connectivity index (χ4n) is 2.02. The van der Waals surface area contributed by atoms with E-state index >= 15 is 0 Å². The largest absolute Gasteiger partial charge is 0.495 e. The summed E-state index contributed by atoms with van der Waals surface area (Å²) in [6.07, 6.45) is 1.48. The first-order valence-electron chi connectivity index (χ1n) is 6.84. The van der Waals surface area contributed by atoms with Crippen molar-refractivity contribution < 1.29 is 17.9 Å². The lowest BCUT2D eigenvalue weighted by atomic mass is 10.3. The summed E-state index contributed by atoms with van der Waals surface area (Å²) < 4.78 is 37.4. The van der Waals surface area contributed by atoms with E-state index in [-0.39, 0.29) is 10.6 Å². The van der Waals surface area contributed by atoms with E-state index in [0.29, 0.717) is 23.9 Å². The predicted octanol–water partition coefficient (Wildman–Crippen LogP) is 3.17. The van der Waals surface area contributed by atoms with Crippen LogP contribution in [-0.4, -0.2) is 40.0 Å². The molecule has 0 amide bonds. The first kappa shape index (κ1) is 18.1. The first-order valence-corrected chi connectivity index (χ1v) is 8.65. The lowest BCUT2D eigenvalue weighted by Crippen LogP contribution is -2.32. The van der Waals surface area contributed by atoms with Crippen LogP contribution in [0, 0.1) is 0 Å². The maximum atomic E-state index is 12.8. The van der Waals surface area contributed by atoms with Gasteiger partial charge in [-0.3, -0.25) is 0 Å². The number of hydrogen-bond acceptors (Lipinski definition) is 4. The number of ether oxygens (including phenoxy) is 2. The van der Waals surface area contributed by atoms with Crippen LogP contribution in [0.2, 0.25) is 5.02 Å². The van der Waals surface area contributed by atoms with E-state index in [1.54, 1.807) is 0 Å². The Morgan fingerprint density at radius 1 is 1.05 bits per heavy atom. The van der Waals surface area contributed by atoms with Gasteiger partial charge in [0, 0.05) is 25.2 Å². The second-order valence-corrected chi connectivity index (χ2v) is 6.86. The zero-order valence-electron chi connectivity index (χ0n) is 12.8. The SMILES string of the molecule is CCCN(CCC)S(=O)(=O)c1cc(OC)c(Cl)cc1OC. The van der Waals surface area contributed by atoms with Gasteiger partial charge in [-0.15, -0.1) is 0 Å². The van der Waals surface area contributed by atoms with Crippen LogP contribution >= 0.6 is 11.6 Å². The Kier molecular flexibility index (Phi) is 6.77. The molecule has 1 aromatic carbocycles. The molecule has 0 aliphatic heterocycles. The highest BCUT2D eigenvalue weighted by atomic mass is 35.5. The fraction of sp³-hybridized carbons (Fsp3) is 0.571. The van der Waals surface area contributed by atoms with Crippen LogP contribution in [0.3, 0.4) is 0 Å². The van der Waals surface area contributed by atoms with Crippen molar-refractivity contribution in [3.05, 3.63) is 17.2 Å². The minimum atomic E-state index is -3.65. The lowest BCUT2D eigenvalue weighted by molar-refractivity contribution is 0.381. The van der Waals surface area contributed by atoms with Crippen molar-refractivity contribution in [3.63, 3.8) is 0 Å². The van der Waals surface area contributed by atoms with E-state index in [2.05, 4.69) is 0 Å². The van der Waals surface area contributed by atoms with E-state index in [9.17, 15) is 8.42 Å². The molecule has 21 heavy (non-hydrogen) atoms. The highest BCUT2D eigenvalue weighted by Gasteiger charge is 2.28. The number of rotatable bonds is 8. The van der Waals surface area contributed by atoms with E-state index in [1.807, 2.05) is 13.8 Å². The summed E-state index contributed by atoms with van der Waals surface area (Å²) in [5, 5.41) is 0.311. The van der Waals surface area contributed by atoms with Gasteiger partial charge >= 0.3 is 0 Å². The maximum absolute atomic E-state index is 12.8. The molecule has 0 N–H and O–H groups in total. The van der Waals surface area contributed by atoms with Gasteiger partial charge in [0.05, 0.1) is 19.2 Å². The molecule has 0 atom stereocenters. The minimum Gasteiger partial charge on any atom is -0.495 e. The topological polar surface area (TPSA) is 55.8 Å². The van der Waals surface area contributed by atoms with Crippen LogP contribution in [0.5, 0.6) is 11.5 Å². The number of nitrogens with zero attached hydrogens (tertiary/aromatic N) is 1. The second kappa shape index (κ2) is 7.87. The Morgan fingerprint density at radius 2 is 1.57 bits per heavy atom. The molecule has 0 radical (unpaired) electrons. The van der Waals surface area contributed by atoms with Crippen molar-refractivity contribution in [2.75, 3.05) is 27.3 Å². The third-order valence-corrected chi connectivity index (χ3v) is 5.22. The molecule has 0 aliphatic carbocycles. The monoisotopic (exact) mass is 335 g/mol. The summed E-state index contributed by atoms with van der Waals surface area (Å²) in [6, 6.07) is 2.87. The van der Waals surface area contributed by atoms with Crippen LogP contribution in [0.15, 0.2) is 17.0 Å². The van der Waals surface area contributed by atoms with Gasteiger partial charge in [-0.1, -0.05) is 25.4 Å². The van der Waals surface area contributed by atoms with Gasteiger partial charge in [-0.2, -0.15) is 4.31 Å². The molecule has 0 aromatic heterocycles. The number of methoxy groups -OCH3 is 2. The molecule has 0 unspecified atom stereocenters. The molecular formula is C14H22ClNO4S. The zero-order valence-corrected chi connectivity index (χ0v) is 14.4. The Hall–Kier alpha value is -0.980. The molecule has 0 spiro atoms. The minimum absolute atomic E-state index is 0.0770. The Labute approximate surface area is 131 Å². The van der Waals surface area contributed by atoms with Crippen molar-refractivity contribution in [2.24, 2.45) is 0 Å². The molecule has 1 aromatic rings. The molecule has 120 valence electrons. The smallest absolute Gasteiger partial charge is 0.246 e. The fourth-order valence-corrected chi connectivity index (χ4v) is 4.03. The summed E-state index contributed by atoms with van der Waals surface area (Å²) in [6.45, 7) is 4.81. The van der Waals surface area contributed by atoms with Gasteiger partial charge in [0.25, 0.3) is 0 Å². The third kappa shape index (κ3) is 4.02. The van der Waals surface area contributed by atoms with E-state index in [4.69, 9.17) is 21.1 Å². The molecule has 0 bridgehead atoms. The normalized spacial score (nSPS) is 11.7. The lowest BCUT2D eigenvalue weighted by Gasteiger charge is -2.22.